The number of carbonyl (C=O) groups is 1. The lowest BCUT2D eigenvalue weighted by Gasteiger charge is -2.21. The van der Waals surface area contributed by atoms with E-state index in [0.717, 1.165) is 22.6 Å². The van der Waals surface area contributed by atoms with Gasteiger partial charge in [-0.3, -0.25) is 4.79 Å². The van der Waals surface area contributed by atoms with Crippen molar-refractivity contribution in [2.24, 2.45) is 5.92 Å². The summed E-state index contributed by atoms with van der Waals surface area (Å²) in [4.78, 5) is 13.0. The van der Waals surface area contributed by atoms with Crippen LogP contribution in [0, 0.1) is 5.92 Å². The molecule has 0 saturated heterocycles. The first kappa shape index (κ1) is 15.6. The third-order valence-electron chi connectivity index (χ3n) is 3.28. The fourth-order valence-electron chi connectivity index (χ4n) is 2.22. The van der Waals surface area contributed by atoms with Gasteiger partial charge in [-0.15, -0.1) is 11.3 Å². The maximum atomic E-state index is 12.3. The molecule has 1 aromatic heterocycles. The van der Waals surface area contributed by atoms with Crippen molar-refractivity contribution >= 4 is 17.2 Å². The molecule has 0 radical (unpaired) electrons. The highest BCUT2D eigenvalue weighted by atomic mass is 32.1. The van der Waals surface area contributed by atoms with E-state index >= 15 is 0 Å². The van der Waals surface area contributed by atoms with Crippen molar-refractivity contribution in [1.29, 1.82) is 0 Å². The summed E-state index contributed by atoms with van der Waals surface area (Å²) in [7, 11) is 1.65. The maximum absolute atomic E-state index is 12.3. The van der Waals surface area contributed by atoms with Gasteiger partial charge in [0, 0.05) is 0 Å². The molecule has 1 N–H and O–H groups in total. The topological polar surface area (TPSA) is 38.3 Å². The monoisotopic (exact) mass is 303 g/mol. The lowest BCUT2D eigenvalue weighted by molar-refractivity contribution is 0.0936. The number of rotatable bonds is 6. The van der Waals surface area contributed by atoms with Crippen molar-refractivity contribution in [2.45, 2.75) is 26.3 Å². The van der Waals surface area contributed by atoms with Crippen LogP contribution >= 0.6 is 11.3 Å². The number of ether oxygens (including phenoxy) is 1. The summed E-state index contributed by atoms with van der Waals surface area (Å²) >= 11 is 1.46. The third-order valence-corrected chi connectivity index (χ3v) is 4.14. The Morgan fingerprint density at radius 2 is 1.95 bits per heavy atom. The van der Waals surface area contributed by atoms with Crippen LogP contribution in [-0.4, -0.2) is 13.0 Å². The number of thiophene rings is 1. The standard InChI is InChI=1S/C17H21NO2S/c1-12(2)11-15(13-6-8-14(20-3)9-7-13)18-17(19)16-5-4-10-21-16/h4-10,12,15H,11H2,1-3H3,(H,18,19). The first-order valence-corrected chi connectivity index (χ1v) is 7.96. The SMILES string of the molecule is COc1ccc(C(CC(C)C)NC(=O)c2cccs2)cc1. The molecule has 1 amide bonds. The first-order valence-electron chi connectivity index (χ1n) is 7.08. The van der Waals surface area contributed by atoms with Crippen LogP contribution in [0.2, 0.25) is 0 Å². The molecule has 0 bridgehead atoms. The van der Waals surface area contributed by atoms with Crippen LogP contribution in [0.3, 0.4) is 0 Å². The van der Waals surface area contributed by atoms with E-state index < -0.39 is 0 Å². The van der Waals surface area contributed by atoms with Crippen LogP contribution in [0.4, 0.5) is 0 Å². The van der Waals surface area contributed by atoms with Gasteiger partial charge < -0.3 is 10.1 Å². The highest BCUT2D eigenvalue weighted by molar-refractivity contribution is 7.12. The minimum atomic E-state index is -0.00790. The Bertz CT molecular complexity index is 561. The normalized spacial score (nSPS) is 12.2. The molecule has 1 unspecified atom stereocenters. The van der Waals surface area contributed by atoms with Gasteiger partial charge in [-0.25, -0.2) is 0 Å². The van der Waals surface area contributed by atoms with E-state index in [0.29, 0.717) is 5.92 Å². The molecule has 1 heterocycles. The fraction of sp³-hybridized carbons (Fsp3) is 0.353. The molecule has 0 spiro atoms. The summed E-state index contributed by atoms with van der Waals surface area (Å²) in [6, 6.07) is 11.6. The Kier molecular flexibility index (Phi) is 5.39. The quantitative estimate of drug-likeness (QED) is 0.865. The summed E-state index contributed by atoms with van der Waals surface area (Å²) in [5.41, 5.74) is 1.11. The molecule has 4 heteroatoms. The molecule has 3 nitrogen and oxygen atoms in total. The van der Waals surface area contributed by atoms with Crippen molar-refractivity contribution in [3.63, 3.8) is 0 Å². The van der Waals surface area contributed by atoms with Crippen molar-refractivity contribution in [1.82, 2.24) is 5.32 Å². The van der Waals surface area contributed by atoms with Crippen molar-refractivity contribution in [3.8, 4) is 5.75 Å². The van der Waals surface area contributed by atoms with Gasteiger partial charge in [-0.2, -0.15) is 0 Å². The molecule has 0 fully saturated rings. The van der Waals surface area contributed by atoms with Crippen molar-refractivity contribution in [2.75, 3.05) is 7.11 Å². The molecule has 0 aliphatic rings. The zero-order chi connectivity index (χ0) is 15.2. The Hall–Kier alpha value is -1.81. The van der Waals surface area contributed by atoms with Gasteiger partial charge in [0.15, 0.2) is 0 Å². The molecule has 1 atom stereocenters. The predicted octanol–water partition coefficient (Wildman–Crippen LogP) is 4.27. The molecule has 21 heavy (non-hydrogen) atoms. The van der Waals surface area contributed by atoms with E-state index in [-0.39, 0.29) is 11.9 Å². The van der Waals surface area contributed by atoms with Crippen LogP contribution in [-0.2, 0) is 0 Å². The second kappa shape index (κ2) is 7.27. The van der Waals surface area contributed by atoms with Gasteiger partial charge in [-0.1, -0.05) is 32.0 Å². The maximum Gasteiger partial charge on any atom is 0.261 e. The van der Waals surface area contributed by atoms with Gasteiger partial charge >= 0.3 is 0 Å². The summed E-state index contributed by atoms with van der Waals surface area (Å²) in [5, 5.41) is 5.05. The van der Waals surface area contributed by atoms with Gasteiger partial charge in [0.1, 0.15) is 5.75 Å². The van der Waals surface area contributed by atoms with Crippen LogP contribution in [0.1, 0.15) is 41.5 Å². The molecule has 0 saturated carbocycles. The summed E-state index contributed by atoms with van der Waals surface area (Å²) < 4.78 is 5.18. The largest absolute Gasteiger partial charge is 0.497 e. The van der Waals surface area contributed by atoms with Crippen LogP contribution in [0.15, 0.2) is 41.8 Å². The zero-order valence-electron chi connectivity index (χ0n) is 12.6. The summed E-state index contributed by atoms with van der Waals surface area (Å²) in [6.07, 6.45) is 0.906. The Balaban J connectivity index is 2.15. The zero-order valence-corrected chi connectivity index (χ0v) is 13.4. The first-order chi connectivity index (χ1) is 10.1. The van der Waals surface area contributed by atoms with Crippen molar-refractivity contribution in [3.05, 3.63) is 52.2 Å². The molecule has 0 aliphatic heterocycles. The number of amides is 1. The molecular weight excluding hydrogens is 282 g/mol. The number of benzene rings is 1. The van der Waals surface area contributed by atoms with E-state index in [1.807, 2.05) is 41.8 Å². The van der Waals surface area contributed by atoms with Gasteiger partial charge in [0.05, 0.1) is 18.0 Å². The second-order valence-corrected chi connectivity index (χ2v) is 6.35. The van der Waals surface area contributed by atoms with Gasteiger partial charge in [-0.05, 0) is 41.5 Å². The van der Waals surface area contributed by atoms with Crippen molar-refractivity contribution < 1.29 is 9.53 Å². The molecule has 0 aliphatic carbocycles. The molecule has 2 rings (SSSR count). The molecule has 2 aromatic rings. The van der Waals surface area contributed by atoms with E-state index in [9.17, 15) is 4.79 Å². The molecular formula is C17H21NO2S. The Morgan fingerprint density at radius 1 is 1.24 bits per heavy atom. The highest BCUT2D eigenvalue weighted by Gasteiger charge is 2.17. The average molecular weight is 303 g/mol. The second-order valence-electron chi connectivity index (χ2n) is 5.41. The lowest BCUT2D eigenvalue weighted by atomic mass is 9.97. The van der Waals surface area contributed by atoms with Crippen LogP contribution in [0.5, 0.6) is 5.75 Å². The van der Waals surface area contributed by atoms with Crippen LogP contribution in [0.25, 0.3) is 0 Å². The number of carbonyl (C=O) groups excluding carboxylic acids is 1. The number of hydrogen-bond acceptors (Lipinski definition) is 3. The number of nitrogens with one attached hydrogen (secondary N) is 1. The van der Waals surface area contributed by atoms with Gasteiger partial charge in [0.25, 0.3) is 5.91 Å². The smallest absolute Gasteiger partial charge is 0.261 e. The summed E-state index contributed by atoms with van der Waals surface area (Å²) in [6.45, 7) is 4.32. The minimum absolute atomic E-state index is 0.00790. The Labute approximate surface area is 130 Å². The van der Waals surface area contributed by atoms with Gasteiger partial charge in [0.2, 0.25) is 0 Å². The average Bonchev–Trinajstić information content (AvgIpc) is 3.00. The fourth-order valence-corrected chi connectivity index (χ4v) is 2.85. The molecule has 1 aromatic carbocycles. The van der Waals surface area contributed by atoms with E-state index in [4.69, 9.17) is 4.74 Å². The van der Waals surface area contributed by atoms with E-state index in [2.05, 4.69) is 19.2 Å². The Morgan fingerprint density at radius 3 is 2.48 bits per heavy atom. The highest BCUT2D eigenvalue weighted by Crippen LogP contribution is 2.24. The van der Waals surface area contributed by atoms with E-state index in [1.54, 1.807) is 7.11 Å². The lowest BCUT2D eigenvalue weighted by Crippen LogP contribution is -2.28. The third kappa shape index (κ3) is 4.33. The minimum Gasteiger partial charge on any atom is -0.497 e. The van der Waals surface area contributed by atoms with Crippen LogP contribution < -0.4 is 10.1 Å². The summed E-state index contributed by atoms with van der Waals surface area (Å²) in [5.74, 6) is 1.32. The predicted molar refractivity (Wildman–Crippen MR) is 87.0 cm³/mol. The molecule has 112 valence electrons. The number of methoxy groups -OCH3 is 1. The number of hydrogen-bond donors (Lipinski definition) is 1. The van der Waals surface area contributed by atoms with E-state index in [1.165, 1.54) is 11.3 Å².